The average molecular weight is 240 g/mol. The average Bonchev–Trinajstić information content (AvgIpc) is 2.55. The molecule has 0 radical (unpaired) electrons. The lowest BCUT2D eigenvalue weighted by atomic mass is 10.2. The van der Waals surface area contributed by atoms with Gasteiger partial charge in [0.2, 0.25) is 5.91 Å². The van der Waals surface area contributed by atoms with Crippen molar-refractivity contribution >= 4 is 23.2 Å². The van der Waals surface area contributed by atoms with Crippen LogP contribution >= 0.6 is 11.3 Å². The molecule has 0 aromatic carbocycles. The maximum atomic E-state index is 11.7. The van der Waals surface area contributed by atoms with Gasteiger partial charge >= 0.3 is 0 Å². The van der Waals surface area contributed by atoms with Crippen LogP contribution in [0.3, 0.4) is 0 Å². The molecule has 88 valence electrons. The fraction of sp³-hybridized carbons (Fsp3) is 0.455. The van der Waals surface area contributed by atoms with Gasteiger partial charge in [-0.15, -0.1) is 11.3 Å². The molecule has 0 bridgehead atoms. The number of carbonyl (C=O) groups excluding carboxylic acids is 2. The van der Waals surface area contributed by atoms with E-state index in [0.717, 1.165) is 10.4 Å². The number of likely N-dealkylation sites (N-methyl/N-ethyl adjacent to an activating group) is 1. The first-order valence-corrected chi connectivity index (χ1v) is 5.98. The normalized spacial score (nSPS) is 9.94. The van der Waals surface area contributed by atoms with E-state index in [-0.39, 0.29) is 18.4 Å². The minimum Gasteiger partial charge on any atom is -0.355 e. The van der Waals surface area contributed by atoms with Crippen LogP contribution in [-0.2, 0) is 4.79 Å². The van der Waals surface area contributed by atoms with Gasteiger partial charge in [-0.25, -0.2) is 0 Å². The number of rotatable bonds is 4. The maximum absolute atomic E-state index is 11.7. The summed E-state index contributed by atoms with van der Waals surface area (Å²) in [6.45, 7) is 6.30. The van der Waals surface area contributed by atoms with Crippen molar-refractivity contribution < 1.29 is 9.59 Å². The van der Waals surface area contributed by atoms with Gasteiger partial charge in [-0.3, -0.25) is 9.59 Å². The highest BCUT2D eigenvalue weighted by Gasteiger charge is 2.12. The van der Waals surface area contributed by atoms with Crippen LogP contribution in [0.2, 0.25) is 0 Å². The Balaban J connectivity index is 2.53. The lowest BCUT2D eigenvalue weighted by Gasteiger charge is -2.04. The van der Waals surface area contributed by atoms with E-state index in [9.17, 15) is 9.59 Å². The van der Waals surface area contributed by atoms with Crippen LogP contribution in [-0.4, -0.2) is 24.9 Å². The van der Waals surface area contributed by atoms with Crippen molar-refractivity contribution in [3.63, 3.8) is 0 Å². The largest absolute Gasteiger partial charge is 0.355 e. The summed E-state index contributed by atoms with van der Waals surface area (Å²) in [5.74, 6) is -0.344. The zero-order valence-electron chi connectivity index (χ0n) is 9.72. The smallest absolute Gasteiger partial charge is 0.262 e. The van der Waals surface area contributed by atoms with Gasteiger partial charge in [0.05, 0.1) is 11.4 Å². The molecule has 1 aromatic rings. The van der Waals surface area contributed by atoms with Gasteiger partial charge < -0.3 is 10.6 Å². The quantitative estimate of drug-likeness (QED) is 0.831. The van der Waals surface area contributed by atoms with Gasteiger partial charge in [0, 0.05) is 11.4 Å². The molecule has 0 saturated heterocycles. The second-order valence-corrected chi connectivity index (χ2v) is 4.76. The van der Waals surface area contributed by atoms with Gasteiger partial charge in [0.15, 0.2) is 0 Å². The van der Waals surface area contributed by atoms with Crippen molar-refractivity contribution in [3.05, 3.63) is 21.4 Å². The van der Waals surface area contributed by atoms with Crippen LogP contribution in [0.15, 0.2) is 6.07 Å². The van der Waals surface area contributed by atoms with E-state index in [0.29, 0.717) is 11.4 Å². The summed E-state index contributed by atoms with van der Waals surface area (Å²) in [4.78, 5) is 24.6. The molecular formula is C11H16N2O2S. The number of aryl methyl sites for hydroxylation is 2. The van der Waals surface area contributed by atoms with Gasteiger partial charge in [-0.05, 0) is 32.4 Å². The Morgan fingerprint density at radius 3 is 2.50 bits per heavy atom. The first-order chi connectivity index (χ1) is 7.54. The van der Waals surface area contributed by atoms with Crippen LogP contribution in [0.25, 0.3) is 0 Å². The summed E-state index contributed by atoms with van der Waals surface area (Å²) in [6.07, 6.45) is 0. The Kier molecular flexibility index (Phi) is 4.49. The van der Waals surface area contributed by atoms with Crippen LogP contribution < -0.4 is 10.6 Å². The van der Waals surface area contributed by atoms with E-state index >= 15 is 0 Å². The van der Waals surface area contributed by atoms with Gasteiger partial charge in [-0.2, -0.15) is 0 Å². The Bertz CT molecular complexity index is 399. The highest BCUT2D eigenvalue weighted by Crippen LogP contribution is 2.20. The summed E-state index contributed by atoms with van der Waals surface area (Å²) in [5, 5.41) is 5.22. The highest BCUT2D eigenvalue weighted by molar-refractivity contribution is 7.14. The molecule has 0 aliphatic carbocycles. The molecule has 5 heteroatoms. The first kappa shape index (κ1) is 12.7. The van der Waals surface area contributed by atoms with Crippen LogP contribution in [0.1, 0.15) is 27.0 Å². The SMILES string of the molecule is CCNC(=O)CNC(=O)c1sc(C)cc1C. The second-order valence-electron chi connectivity index (χ2n) is 3.51. The monoisotopic (exact) mass is 240 g/mol. The molecule has 0 atom stereocenters. The van der Waals surface area contributed by atoms with Gasteiger partial charge in [0.25, 0.3) is 5.91 Å². The van der Waals surface area contributed by atoms with Crippen LogP contribution in [0.5, 0.6) is 0 Å². The summed E-state index contributed by atoms with van der Waals surface area (Å²) in [6, 6.07) is 1.96. The standard InChI is InChI=1S/C11H16N2O2S/c1-4-12-9(14)6-13-11(15)10-7(2)5-8(3)16-10/h5H,4,6H2,1-3H3,(H,12,14)(H,13,15). The van der Waals surface area contributed by atoms with Crippen LogP contribution in [0.4, 0.5) is 0 Å². The van der Waals surface area contributed by atoms with E-state index < -0.39 is 0 Å². The van der Waals surface area contributed by atoms with Gasteiger partial charge in [0.1, 0.15) is 0 Å². The molecule has 0 fully saturated rings. The van der Waals surface area contributed by atoms with Crippen molar-refractivity contribution in [3.8, 4) is 0 Å². The molecule has 0 aliphatic rings. The van der Waals surface area contributed by atoms with E-state index in [1.807, 2.05) is 26.8 Å². The van der Waals surface area contributed by atoms with Crippen molar-refractivity contribution in [1.29, 1.82) is 0 Å². The molecule has 1 heterocycles. The molecule has 0 unspecified atom stereocenters. The second kappa shape index (κ2) is 5.65. The van der Waals surface area contributed by atoms with E-state index in [4.69, 9.17) is 0 Å². The van der Waals surface area contributed by atoms with Crippen molar-refractivity contribution in [2.75, 3.05) is 13.1 Å². The van der Waals surface area contributed by atoms with Crippen molar-refractivity contribution in [1.82, 2.24) is 10.6 Å². The molecule has 0 aliphatic heterocycles. The molecule has 4 nitrogen and oxygen atoms in total. The fourth-order valence-electron chi connectivity index (χ4n) is 1.37. The van der Waals surface area contributed by atoms with Gasteiger partial charge in [-0.1, -0.05) is 0 Å². The van der Waals surface area contributed by atoms with Crippen molar-refractivity contribution in [2.45, 2.75) is 20.8 Å². The molecule has 2 N–H and O–H groups in total. The third-order valence-corrected chi connectivity index (χ3v) is 3.18. The summed E-state index contributed by atoms with van der Waals surface area (Å²) >= 11 is 1.44. The van der Waals surface area contributed by atoms with Crippen molar-refractivity contribution in [2.24, 2.45) is 0 Å². The molecule has 1 aromatic heterocycles. The fourth-order valence-corrected chi connectivity index (χ4v) is 2.31. The predicted molar refractivity (Wildman–Crippen MR) is 64.8 cm³/mol. The molecule has 1 rings (SSSR count). The third kappa shape index (κ3) is 3.34. The third-order valence-electron chi connectivity index (χ3n) is 2.03. The zero-order chi connectivity index (χ0) is 12.1. The first-order valence-electron chi connectivity index (χ1n) is 5.16. The number of amides is 2. The minimum absolute atomic E-state index is 0.0308. The van der Waals surface area contributed by atoms with E-state index in [1.165, 1.54) is 11.3 Å². The number of hydrogen-bond donors (Lipinski definition) is 2. The van der Waals surface area contributed by atoms with Crippen LogP contribution in [0, 0.1) is 13.8 Å². The summed E-state index contributed by atoms with van der Waals surface area (Å²) in [7, 11) is 0. The maximum Gasteiger partial charge on any atom is 0.262 e. The highest BCUT2D eigenvalue weighted by atomic mass is 32.1. The molecule has 2 amide bonds. The lowest BCUT2D eigenvalue weighted by molar-refractivity contribution is -0.120. The Labute approximate surface area is 99.0 Å². The Hall–Kier alpha value is -1.36. The predicted octanol–water partition coefficient (Wildman–Crippen LogP) is 1.23. The summed E-state index contributed by atoms with van der Waals surface area (Å²) < 4.78 is 0. The Morgan fingerprint density at radius 1 is 1.31 bits per heavy atom. The topological polar surface area (TPSA) is 58.2 Å². The molecule has 0 saturated carbocycles. The molecule has 16 heavy (non-hydrogen) atoms. The minimum atomic E-state index is -0.179. The van der Waals surface area contributed by atoms with E-state index in [2.05, 4.69) is 10.6 Å². The number of hydrogen-bond acceptors (Lipinski definition) is 3. The summed E-state index contributed by atoms with van der Waals surface area (Å²) in [5.41, 5.74) is 0.955. The molecular weight excluding hydrogens is 224 g/mol. The number of nitrogens with one attached hydrogen (secondary N) is 2. The Morgan fingerprint density at radius 2 is 2.00 bits per heavy atom. The van der Waals surface area contributed by atoms with E-state index in [1.54, 1.807) is 0 Å². The lowest BCUT2D eigenvalue weighted by Crippen LogP contribution is -2.36. The number of thiophene rings is 1. The molecule has 0 spiro atoms. The number of carbonyl (C=O) groups is 2. The zero-order valence-corrected chi connectivity index (χ0v) is 10.5.